The predicted octanol–water partition coefficient (Wildman–Crippen LogP) is 3.45. The second-order valence-electron chi connectivity index (χ2n) is 4.14. The summed E-state index contributed by atoms with van der Waals surface area (Å²) in [5.74, 6) is 0. The van der Waals surface area contributed by atoms with Crippen molar-refractivity contribution in [2.75, 3.05) is 6.54 Å². The predicted molar refractivity (Wildman–Crippen MR) is 67.2 cm³/mol. The van der Waals surface area contributed by atoms with Crippen molar-refractivity contribution in [3.8, 4) is 0 Å². The van der Waals surface area contributed by atoms with Crippen LogP contribution in [-0.4, -0.2) is 6.54 Å². The standard InChI is InChI=1S/C14H23N/c1-4-6-7-14-10-13(11-15-5-2)9-8-12(14)3/h8-10,15H,4-7,11H2,1-3H3. The van der Waals surface area contributed by atoms with Gasteiger partial charge in [0.15, 0.2) is 0 Å². The number of hydrogen-bond donors (Lipinski definition) is 1. The largest absolute Gasteiger partial charge is 0.313 e. The Morgan fingerprint density at radius 2 is 2.00 bits per heavy atom. The van der Waals surface area contributed by atoms with Crippen LogP contribution in [0.3, 0.4) is 0 Å². The van der Waals surface area contributed by atoms with Gasteiger partial charge in [0, 0.05) is 6.54 Å². The van der Waals surface area contributed by atoms with Crippen molar-refractivity contribution in [2.45, 2.75) is 46.6 Å². The van der Waals surface area contributed by atoms with E-state index in [1.165, 1.54) is 36.0 Å². The third kappa shape index (κ3) is 4.05. The van der Waals surface area contributed by atoms with Gasteiger partial charge in [-0.1, -0.05) is 38.5 Å². The van der Waals surface area contributed by atoms with Crippen LogP contribution in [0.2, 0.25) is 0 Å². The Labute approximate surface area is 93.9 Å². The summed E-state index contributed by atoms with van der Waals surface area (Å²) in [6, 6.07) is 6.83. The van der Waals surface area contributed by atoms with E-state index in [0.717, 1.165) is 13.1 Å². The van der Waals surface area contributed by atoms with Crippen LogP contribution in [0, 0.1) is 6.92 Å². The molecule has 0 saturated heterocycles. The lowest BCUT2D eigenvalue weighted by molar-refractivity contribution is 0.723. The second-order valence-corrected chi connectivity index (χ2v) is 4.14. The van der Waals surface area contributed by atoms with Crippen LogP contribution in [0.15, 0.2) is 18.2 Å². The number of nitrogens with one attached hydrogen (secondary N) is 1. The van der Waals surface area contributed by atoms with Crippen molar-refractivity contribution in [3.05, 3.63) is 34.9 Å². The normalized spacial score (nSPS) is 10.6. The van der Waals surface area contributed by atoms with Gasteiger partial charge >= 0.3 is 0 Å². The molecule has 1 aromatic rings. The van der Waals surface area contributed by atoms with Crippen molar-refractivity contribution < 1.29 is 0 Å². The molecule has 0 fully saturated rings. The van der Waals surface area contributed by atoms with E-state index in [9.17, 15) is 0 Å². The molecule has 0 unspecified atom stereocenters. The average molecular weight is 205 g/mol. The van der Waals surface area contributed by atoms with Crippen LogP contribution in [0.5, 0.6) is 0 Å². The van der Waals surface area contributed by atoms with Crippen molar-refractivity contribution >= 4 is 0 Å². The van der Waals surface area contributed by atoms with Crippen LogP contribution >= 0.6 is 0 Å². The average Bonchev–Trinajstić information content (AvgIpc) is 2.26. The van der Waals surface area contributed by atoms with Gasteiger partial charge in [0.1, 0.15) is 0 Å². The molecular formula is C14H23N. The molecule has 0 aliphatic carbocycles. The quantitative estimate of drug-likeness (QED) is 0.750. The molecule has 1 rings (SSSR count). The van der Waals surface area contributed by atoms with Crippen molar-refractivity contribution in [1.82, 2.24) is 5.32 Å². The van der Waals surface area contributed by atoms with Gasteiger partial charge in [-0.2, -0.15) is 0 Å². The third-order valence-electron chi connectivity index (χ3n) is 2.79. The minimum atomic E-state index is 0.996. The zero-order chi connectivity index (χ0) is 11.1. The van der Waals surface area contributed by atoms with E-state index in [-0.39, 0.29) is 0 Å². The molecule has 0 aromatic heterocycles. The molecule has 0 radical (unpaired) electrons. The fourth-order valence-electron chi connectivity index (χ4n) is 1.74. The minimum Gasteiger partial charge on any atom is -0.313 e. The summed E-state index contributed by atoms with van der Waals surface area (Å²) in [4.78, 5) is 0. The van der Waals surface area contributed by atoms with E-state index < -0.39 is 0 Å². The number of benzene rings is 1. The maximum absolute atomic E-state index is 3.37. The maximum Gasteiger partial charge on any atom is 0.0205 e. The summed E-state index contributed by atoms with van der Waals surface area (Å²) in [5.41, 5.74) is 4.37. The highest BCUT2D eigenvalue weighted by Crippen LogP contribution is 2.14. The molecule has 1 nitrogen and oxygen atoms in total. The summed E-state index contributed by atoms with van der Waals surface area (Å²) in [6.07, 6.45) is 3.80. The van der Waals surface area contributed by atoms with Gasteiger partial charge in [0.2, 0.25) is 0 Å². The van der Waals surface area contributed by atoms with Crippen LogP contribution < -0.4 is 5.32 Å². The molecule has 0 atom stereocenters. The summed E-state index contributed by atoms with van der Waals surface area (Å²) in [6.45, 7) is 8.64. The topological polar surface area (TPSA) is 12.0 Å². The van der Waals surface area contributed by atoms with E-state index in [2.05, 4.69) is 44.3 Å². The number of unbranched alkanes of at least 4 members (excludes halogenated alkanes) is 1. The molecule has 0 spiro atoms. The van der Waals surface area contributed by atoms with Gasteiger partial charge in [-0.15, -0.1) is 0 Å². The van der Waals surface area contributed by atoms with E-state index >= 15 is 0 Å². The molecule has 1 heteroatoms. The first-order chi connectivity index (χ1) is 7.27. The van der Waals surface area contributed by atoms with E-state index in [0.29, 0.717) is 0 Å². The van der Waals surface area contributed by atoms with Crippen molar-refractivity contribution in [3.63, 3.8) is 0 Å². The monoisotopic (exact) mass is 205 g/mol. The highest BCUT2D eigenvalue weighted by atomic mass is 14.8. The van der Waals surface area contributed by atoms with E-state index in [1.807, 2.05) is 0 Å². The lowest BCUT2D eigenvalue weighted by Crippen LogP contribution is -2.12. The lowest BCUT2D eigenvalue weighted by Gasteiger charge is -2.08. The van der Waals surface area contributed by atoms with E-state index in [1.54, 1.807) is 0 Å². The first kappa shape index (κ1) is 12.3. The van der Waals surface area contributed by atoms with Crippen LogP contribution in [0.25, 0.3) is 0 Å². The van der Waals surface area contributed by atoms with Crippen molar-refractivity contribution in [2.24, 2.45) is 0 Å². The van der Waals surface area contributed by atoms with E-state index in [4.69, 9.17) is 0 Å². The second kappa shape index (κ2) is 6.62. The van der Waals surface area contributed by atoms with Crippen LogP contribution in [0.4, 0.5) is 0 Å². The molecular weight excluding hydrogens is 182 g/mol. The molecule has 1 N–H and O–H groups in total. The first-order valence-corrected chi connectivity index (χ1v) is 6.07. The molecule has 1 aromatic carbocycles. The third-order valence-corrected chi connectivity index (χ3v) is 2.79. The minimum absolute atomic E-state index is 0.996. The zero-order valence-corrected chi connectivity index (χ0v) is 10.3. The Morgan fingerprint density at radius 1 is 1.20 bits per heavy atom. The Bertz CT molecular complexity index is 291. The number of hydrogen-bond acceptors (Lipinski definition) is 1. The first-order valence-electron chi connectivity index (χ1n) is 6.07. The molecule has 0 amide bonds. The Balaban J connectivity index is 2.66. The Hall–Kier alpha value is -0.820. The smallest absolute Gasteiger partial charge is 0.0205 e. The summed E-state index contributed by atoms with van der Waals surface area (Å²) in [5, 5.41) is 3.37. The van der Waals surface area contributed by atoms with Crippen LogP contribution in [-0.2, 0) is 13.0 Å². The van der Waals surface area contributed by atoms with Crippen molar-refractivity contribution in [1.29, 1.82) is 0 Å². The summed E-state index contributed by atoms with van der Waals surface area (Å²) >= 11 is 0. The summed E-state index contributed by atoms with van der Waals surface area (Å²) < 4.78 is 0. The molecule has 0 aliphatic heterocycles. The van der Waals surface area contributed by atoms with Gasteiger partial charge < -0.3 is 5.32 Å². The summed E-state index contributed by atoms with van der Waals surface area (Å²) in [7, 11) is 0. The number of rotatable bonds is 6. The number of aryl methyl sites for hydroxylation is 2. The Kier molecular flexibility index (Phi) is 5.41. The van der Waals surface area contributed by atoms with Gasteiger partial charge in [-0.05, 0) is 43.0 Å². The highest BCUT2D eigenvalue weighted by Gasteiger charge is 1.99. The SMILES string of the molecule is CCCCc1cc(CNCC)ccc1C. The molecule has 84 valence electrons. The Morgan fingerprint density at radius 3 is 2.67 bits per heavy atom. The van der Waals surface area contributed by atoms with Crippen LogP contribution in [0.1, 0.15) is 43.4 Å². The lowest BCUT2D eigenvalue weighted by atomic mass is 10.0. The fourth-order valence-corrected chi connectivity index (χ4v) is 1.74. The zero-order valence-electron chi connectivity index (χ0n) is 10.3. The van der Waals surface area contributed by atoms with Gasteiger partial charge in [-0.25, -0.2) is 0 Å². The maximum atomic E-state index is 3.37. The molecule has 0 bridgehead atoms. The fraction of sp³-hybridized carbons (Fsp3) is 0.571. The molecule has 15 heavy (non-hydrogen) atoms. The molecule has 0 heterocycles. The van der Waals surface area contributed by atoms with Gasteiger partial charge in [-0.3, -0.25) is 0 Å². The molecule has 0 saturated carbocycles. The highest BCUT2D eigenvalue weighted by molar-refractivity contribution is 5.31. The van der Waals surface area contributed by atoms with Gasteiger partial charge in [0.25, 0.3) is 0 Å². The van der Waals surface area contributed by atoms with Gasteiger partial charge in [0.05, 0.1) is 0 Å². The molecule has 0 aliphatic rings.